The Kier molecular flexibility index (Phi) is 4.26. The predicted molar refractivity (Wildman–Crippen MR) is 76.1 cm³/mol. The Hall–Kier alpha value is -0.350. The summed E-state index contributed by atoms with van der Waals surface area (Å²) in [6, 6.07) is 5.66. The Balaban J connectivity index is 2.06. The van der Waals surface area contributed by atoms with Gasteiger partial charge in [-0.05, 0) is 37.0 Å². The first-order valence-electron chi connectivity index (χ1n) is 5.78. The summed E-state index contributed by atoms with van der Waals surface area (Å²) >= 11 is 6.81. The molecule has 1 fully saturated rings. The van der Waals surface area contributed by atoms with Crippen molar-refractivity contribution in [3.8, 4) is 0 Å². The zero-order valence-electron chi connectivity index (χ0n) is 9.75. The van der Waals surface area contributed by atoms with Gasteiger partial charge in [0.05, 0.1) is 0 Å². The SMILES string of the molecule is CN(CC1CCC1)C(=O)c1cc(Br)cc(Br)c1. The summed E-state index contributed by atoms with van der Waals surface area (Å²) < 4.78 is 1.85. The second-order valence-electron chi connectivity index (χ2n) is 4.64. The Morgan fingerprint density at radius 3 is 2.35 bits per heavy atom. The average molecular weight is 361 g/mol. The van der Waals surface area contributed by atoms with E-state index in [-0.39, 0.29) is 5.91 Å². The third-order valence-electron chi connectivity index (χ3n) is 3.21. The third-order valence-corrected chi connectivity index (χ3v) is 4.13. The summed E-state index contributed by atoms with van der Waals surface area (Å²) in [6.45, 7) is 0.878. The van der Waals surface area contributed by atoms with E-state index in [1.54, 1.807) is 0 Å². The topological polar surface area (TPSA) is 20.3 Å². The van der Waals surface area contributed by atoms with Crippen LogP contribution in [0, 0.1) is 5.92 Å². The highest BCUT2D eigenvalue weighted by Gasteiger charge is 2.22. The van der Waals surface area contributed by atoms with Crippen molar-refractivity contribution in [2.45, 2.75) is 19.3 Å². The van der Waals surface area contributed by atoms with Crippen molar-refractivity contribution in [2.75, 3.05) is 13.6 Å². The molecule has 0 bridgehead atoms. The van der Waals surface area contributed by atoms with Crippen molar-refractivity contribution >= 4 is 37.8 Å². The molecule has 0 atom stereocenters. The molecule has 92 valence electrons. The zero-order valence-corrected chi connectivity index (χ0v) is 12.9. The van der Waals surface area contributed by atoms with Gasteiger partial charge in [0.1, 0.15) is 0 Å². The zero-order chi connectivity index (χ0) is 12.4. The molecule has 1 amide bonds. The lowest BCUT2D eigenvalue weighted by Gasteiger charge is -2.30. The fourth-order valence-corrected chi connectivity index (χ4v) is 3.34. The molecule has 1 aliphatic rings. The van der Waals surface area contributed by atoms with Crippen LogP contribution in [0.2, 0.25) is 0 Å². The Morgan fingerprint density at radius 2 is 1.88 bits per heavy atom. The van der Waals surface area contributed by atoms with Gasteiger partial charge in [0.15, 0.2) is 0 Å². The molecule has 0 spiro atoms. The molecule has 0 radical (unpaired) electrons. The number of hydrogen-bond acceptors (Lipinski definition) is 1. The van der Waals surface area contributed by atoms with E-state index in [0.717, 1.165) is 21.1 Å². The van der Waals surface area contributed by atoms with Crippen LogP contribution in [0.4, 0.5) is 0 Å². The van der Waals surface area contributed by atoms with Gasteiger partial charge >= 0.3 is 0 Å². The van der Waals surface area contributed by atoms with E-state index < -0.39 is 0 Å². The smallest absolute Gasteiger partial charge is 0.253 e. The van der Waals surface area contributed by atoms with Crippen LogP contribution in [-0.2, 0) is 0 Å². The molecule has 2 rings (SSSR count). The van der Waals surface area contributed by atoms with Crippen LogP contribution < -0.4 is 0 Å². The molecule has 17 heavy (non-hydrogen) atoms. The molecule has 1 saturated carbocycles. The lowest BCUT2D eigenvalue weighted by Crippen LogP contribution is -2.34. The van der Waals surface area contributed by atoms with Gasteiger partial charge in [-0.2, -0.15) is 0 Å². The van der Waals surface area contributed by atoms with E-state index in [0.29, 0.717) is 5.92 Å². The van der Waals surface area contributed by atoms with Crippen molar-refractivity contribution in [3.63, 3.8) is 0 Å². The second-order valence-corrected chi connectivity index (χ2v) is 6.47. The minimum absolute atomic E-state index is 0.0962. The van der Waals surface area contributed by atoms with Crippen molar-refractivity contribution in [1.29, 1.82) is 0 Å². The highest BCUT2D eigenvalue weighted by molar-refractivity contribution is 9.11. The van der Waals surface area contributed by atoms with Crippen LogP contribution in [0.3, 0.4) is 0 Å². The van der Waals surface area contributed by atoms with Gasteiger partial charge in [-0.1, -0.05) is 38.3 Å². The van der Waals surface area contributed by atoms with Crippen molar-refractivity contribution in [2.24, 2.45) is 5.92 Å². The summed E-state index contributed by atoms with van der Waals surface area (Å²) in [7, 11) is 1.88. The van der Waals surface area contributed by atoms with Gasteiger partial charge in [0.2, 0.25) is 0 Å². The van der Waals surface area contributed by atoms with Crippen LogP contribution in [0.25, 0.3) is 0 Å². The van der Waals surface area contributed by atoms with E-state index >= 15 is 0 Å². The first-order valence-corrected chi connectivity index (χ1v) is 7.36. The van der Waals surface area contributed by atoms with Gasteiger partial charge < -0.3 is 4.90 Å². The fraction of sp³-hybridized carbons (Fsp3) is 0.462. The monoisotopic (exact) mass is 359 g/mol. The van der Waals surface area contributed by atoms with Gasteiger partial charge in [0, 0.05) is 28.1 Å². The molecule has 4 heteroatoms. The molecule has 0 saturated heterocycles. The molecule has 0 aromatic heterocycles. The van der Waals surface area contributed by atoms with E-state index in [4.69, 9.17) is 0 Å². The molecule has 0 N–H and O–H groups in total. The van der Waals surface area contributed by atoms with E-state index in [1.165, 1.54) is 19.3 Å². The summed E-state index contributed by atoms with van der Waals surface area (Å²) in [5.74, 6) is 0.804. The molecule has 2 nitrogen and oxygen atoms in total. The lowest BCUT2D eigenvalue weighted by molar-refractivity contribution is 0.0745. The van der Waals surface area contributed by atoms with Crippen molar-refractivity contribution in [3.05, 3.63) is 32.7 Å². The van der Waals surface area contributed by atoms with Crippen LogP contribution in [0.5, 0.6) is 0 Å². The molecule has 0 heterocycles. The largest absolute Gasteiger partial charge is 0.341 e. The number of halogens is 2. The van der Waals surface area contributed by atoms with Gasteiger partial charge in [-0.15, -0.1) is 0 Å². The van der Waals surface area contributed by atoms with Crippen molar-refractivity contribution in [1.82, 2.24) is 4.90 Å². The quantitative estimate of drug-likeness (QED) is 0.795. The summed E-state index contributed by atoms with van der Waals surface area (Å²) in [5, 5.41) is 0. The number of hydrogen-bond donors (Lipinski definition) is 0. The first-order chi connectivity index (χ1) is 8.06. The number of rotatable bonds is 3. The number of nitrogens with zero attached hydrogens (tertiary/aromatic N) is 1. The molecule has 0 aliphatic heterocycles. The summed E-state index contributed by atoms with van der Waals surface area (Å²) in [5.41, 5.74) is 0.730. The van der Waals surface area contributed by atoms with Crippen LogP contribution in [0.15, 0.2) is 27.1 Å². The van der Waals surface area contributed by atoms with Gasteiger partial charge in [-0.25, -0.2) is 0 Å². The molecular weight excluding hydrogens is 346 g/mol. The van der Waals surface area contributed by atoms with Crippen LogP contribution in [-0.4, -0.2) is 24.4 Å². The maximum Gasteiger partial charge on any atom is 0.253 e. The number of amides is 1. The second kappa shape index (κ2) is 5.53. The highest BCUT2D eigenvalue weighted by atomic mass is 79.9. The highest BCUT2D eigenvalue weighted by Crippen LogP contribution is 2.27. The molecular formula is C13H15Br2NO. The summed E-state index contributed by atoms with van der Waals surface area (Å²) in [6.07, 6.45) is 3.84. The van der Waals surface area contributed by atoms with Crippen molar-refractivity contribution < 1.29 is 4.79 Å². The minimum Gasteiger partial charge on any atom is -0.341 e. The molecule has 0 unspecified atom stereocenters. The third kappa shape index (κ3) is 3.32. The minimum atomic E-state index is 0.0962. The first kappa shape index (κ1) is 13.1. The Bertz CT molecular complexity index is 409. The number of carbonyl (C=O) groups excluding carboxylic acids is 1. The number of carbonyl (C=O) groups is 1. The van der Waals surface area contributed by atoms with Gasteiger partial charge in [0.25, 0.3) is 5.91 Å². The molecule has 1 aromatic carbocycles. The van der Waals surface area contributed by atoms with Crippen LogP contribution >= 0.6 is 31.9 Å². The van der Waals surface area contributed by atoms with Crippen LogP contribution in [0.1, 0.15) is 29.6 Å². The lowest BCUT2D eigenvalue weighted by atomic mass is 9.85. The van der Waals surface area contributed by atoms with E-state index in [1.807, 2.05) is 30.1 Å². The fourth-order valence-electron chi connectivity index (χ4n) is 2.04. The maximum atomic E-state index is 12.2. The standard InChI is InChI=1S/C13H15Br2NO/c1-16(8-9-3-2-4-9)13(17)10-5-11(14)7-12(15)6-10/h5-7,9H,2-4,8H2,1H3. The van der Waals surface area contributed by atoms with E-state index in [9.17, 15) is 4.79 Å². The van der Waals surface area contributed by atoms with E-state index in [2.05, 4.69) is 31.9 Å². The van der Waals surface area contributed by atoms with Gasteiger partial charge in [-0.3, -0.25) is 4.79 Å². The average Bonchev–Trinajstić information content (AvgIpc) is 2.20. The Labute approximate surface area is 119 Å². The number of benzene rings is 1. The normalized spacial score (nSPS) is 15.5. The Morgan fingerprint density at radius 1 is 1.29 bits per heavy atom. The predicted octanol–water partition coefficient (Wildman–Crippen LogP) is 4.08. The molecule has 1 aliphatic carbocycles. The summed E-state index contributed by atoms with van der Waals surface area (Å²) in [4.78, 5) is 14.0. The molecule has 1 aromatic rings. The maximum absolute atomic E-state index is 12.2.